The second kappa shape index (κ2) is 7.35. The number of aliphatic imine (C=N–C) groups is 1. The van der Waals surface area contributed by atoms with Gasteiger partial charge in [-0.2, -0.15) is 0 Å². The number of hydrogen-bond donors (Lipinski definition) is 2. The van der Waals surface area contributed by atoms with E-state index in [4.69, 9.17) is 15.2 Å². The Morgan fingerprint density at radius 2 is 1.95 bits per heavy atom. The lowest BCUT2D eigenvalue weighted by atomic mass is 10.1. The van der Waals surface area contributed by atoms with Gasteiger partial charge < -0.3 is 20.5 Å². The largest absolute Gasteiger partial charge is 0.497 e. The van der Waals surface area contributed by atoms with Gasteiger partial charge in [-0.25, -0.2) is 4.99 Å². The summed E-state index contributed by atoms with van der Waals surface area (Å²) in [5.74, 6) is 2.04. The van der Waals surface area contributed by atoms with E-state index in [0.717, 1.165) is 22.7 Å². The Hall–Kier alpha value is -1.96. The van der Waals surface area contributed by atoms with Crippen molar-refractivity contribution in [2.75, 3.05) is 19.0 Å². The molecular formula is C16H18IN3O2. The molecule has 5 nitrogen and oxygen atoms in total. The van der Waals surface area contributed by atoms with E-state index in [1.807, 2.05) is 48.5 Å². The van der Waals surface area contributed by atoms with Crippen LogP contribution in [-0.2, 0) is 0 Å². The number of guanidine groups is 1. The van der Waals surface area contributed by atoms with Gasteiger partial charge in [0.25, 0.3) is 0 Å². The van der Waals surface area contributed by atoms with Gasteiger partial charge in [-0.15, -0.1) is 24.0 Å². The van der Waals surface area contributed by atoms with Crippen LogP contribution in [0.1, 0.15) is 11.6 Å². The summed E-state index contributed by atoms with van der Waals surface area (Å²) in [7, 11) is 1.63. The first kappa shape index (κ1) is 16.4. The summed E-state index contributed by atoms with van der Waals surface area (Å²) in [6.07, 6.45) is 0. The molecule has 1 aliphatic heterocycles. The maximum atomic E-state index is 5.97. The highest BCUT2D eigenvalue weighted by atomic mass is 127. The number of halogens is 1. The van der Waals surface area contributed by atoms with Crippen LogP contribution in [0.2, 0.25) is 0 Å². The maximum Gasteiger partial charge on any atom is 0.193 e. The fourth-order valence-corrected chi connectivity index (χ4v) is 2.27. The zero-order valence-corrected chi connectivity index (χ0v) is 14.5. The van der Waals surface area contributed by atoms with Gasteiger partial charge in [0.15, 0.2) is 5.96 Å². The lowest BCUT2D eigenvalue weighted by molar-refractivity contribution is 0.334. The van der Waals surface area contributed by atoms with Crippen molar-refractivity contribution in [1.29, 1.82) is 0 Å². The van der Waals surface area contributed by atoms with E-state index in [9.17, 15) is 0 Å². The molecule has 2 aromatic carbocycles. The van der Waals surface area contributed by atoms with E-state index < -0.39 is 0 Å². The highest BCUT2D eigenvalue weighted by molar-refractivity contribution is 14.0. The quantitative estimate of drug-likeness (QED) is 0.463. The first-order chi connectivity index (χ1) is 10.3. The van der Waals surface area contributed by atoms with Gasteiger partial charge in [0, 0.05) is 11.3 Å². The molecule has 22 heavy (non-hydrogen) atoms. The Morgan fingerprint density at radius 1 is 1.23 bits per heavy atom. The molecule has 116 valence electrons. The van der Waals surface area contributed by atoms with Gasteiger partial charge in [0.05, 0.1) is 7.11 Å². The highest BCUT2D eigenvalue weighted by Gasteiger charge is 2.23. The van der Waals surface area contributed by atoms with Crippen LogP contribution in [0.4, 0.5) is 5.69 Å². The number of benzene rings is 2. The molecule has 2 aromatic rings. The van der Waals surface area contributed by atoms with Crippen LogP contribution in [-0.4, -0.2) is 19.7 Å². The van der Waals surface area contributed by atoms with Crippen LogP contribution in [0.5, 0.6) is 11.5 Å². The van der Waals surface area contributed by atoms with Crippen molar-refractivity contribution >= 4 is 35.6 Å². The predicted molar refractivity (Wildman–Crippen MR) is 98.3 cm³/mol. The molecule has 3 rings (SSSR count). The van der Waals surface area contributed by atoms with E-state index in [1.54, 1.807) is 7.11 Å². The molecule has 6 heteroatoms. The smallest absolute Gasteiger partial charge is 0.193 e. The van der Waals surface area contributed by atoms with Crippen molar-refractivity contribution < 1.29 is 9.47 Å². The van der Waals surface area contributed by atoms with Gasteiger partial charge in [0.1, 0.15) is 24.1 Å². The van der Waals surface area contributed by atoms with Crippen LogP contribution >= 0.6 is 24.0 Å². The molecule has 0 aromatic heterocycles. The van der Waals surface area contributed by atoms with Gasteiger partial charge in [-0.3, -0.25) is 0 Å². The number of nitrogens with zero attached hydrogens (tertiary/aromatic N) is 1. The number of nitrogens with two attached hydrogens (primary N) is 1. The first-order valence-corrected chi connectivity index (χ1v) is 6.72. The molecule has 0 fully saturated rings. The number of rotatable bonds is 3. The summed E-state index contributed by atoms with van der Waals surface area (Å²) < 4.78 is 10.7. The average molecular weight is 411 g/mol. The Kier molecular flexibility index (Phi) is 5.48. The Morgan fingerprint density at radius 3 is 2.68 bits per heavy atom. The minimum atomic E-state index is -0.0630. The summed E-state index contributed by atoms with van der Waals surface area (Å²) in [6.45, 7) is 0.518. The van der Waals surface area contributed by atoms with Crippen LogP contribution < -0.4 is 20.5 Å². The van der Waals surface area contributed by atoms with Gasteiger partial charge in [-0.1, -0.05) is 18.2 Å². The van der Waals surface area contributed by atoms with Gasteiger partial charge >= 0.3 is 0 Å². The molecule has 0 spiro atoms. The van der Waals surface area contributed by atoms with Crippen molar-refractivity contribution in [3.8, 4) is 11.5 Å². The minimum Gasteiger partial charge on any atom is -0.497 e. The van der Waals surface area contributed by atoms with Crippen LogP contribution in [0, 0.1) is 0 Å². The van der Waals surface area contributed by atoms with E-state index in [0.29, 0.717) is 12.6 Å². The Balaban J connectivity index is 0.00000176. The summed E-state index contributed by atoms with van der Waals surface area (Å²) >= 11 is 0. The molecule has 0 aliphatic carbocycles. The number of methoxy groups -OCH3 is 1. The third-order valence-electron chi connectivity index (χ3n) is 3.33. The fraction of sp³-hybridized carbons (Fsp3) is 0.188. The zero-order chi connectivity index (χ0) is 14.7. The molecule has 0 amide bonds. The molecule has 1 atom stereocenters. The van der Waals surface area contributed by atoms with E-state index >= 15 is 0 Å². The van der Waals surface area contributed by atoms with Gasteiger partial charge in [0.2, 0.25) is 0 Å². The van der Waals surface area contributed by atoms with Crippen molar-refractivity contribution in [3.63, 3.8) is 0 Å². The van der Waals surface area contributed by atoms with E-state index in [-0.39, 0.29) is 30.0 Å². The van der Waals surface area contributed by atoms with Crippen molar-refractivity contribution in [1.82, 2.24) is 0 Å². The summed E-state index contributed by atoms with van der Waals surface area (Å²) in [4.78, 5) is 4.48. The molecule has 3 N–H and O–H groups in total. The van der Waals surface area contributed by atoms with Crippen molar-refractivity contribution in [3.05, 3.63) is 54.1 Å². The number of anilines is 1. The minimum absolute atomic E-state index is 0. The second-order valence-electron chi connectivity index (χ2n) is 4.73. The third-order valence-corrected chi connectivity index (χ3v) is 3.33. The predicted octanol–water partition coefficient (Wildman–Crippen LogP) is 3.17. The topological polar surface area (TPSA) is 68.9 Å². The number of ether oxygens (including phenoxy) is 2. The molecule has 1 aliphatic rings. The molecule has 0 saturated heterocycles. The standard InChI is InChI=1S/C16H17N3O2.HI/c1-20-12-8-6-11(7-9-12)18-16(17)19-14-10-21-15-5-3-2-4-13(14)15;/h2-9,14H,10H2,1H3,(H3,17,18,19);1H. The number of fused-ring (bicyclic) bond motifs is 1. The maximum absolute atomic E-state index is 5.97. The van der Waals surface area contributed by atoms with E-state index in [2.05, 4.69) is 10.3 Å². The van der Waals surface area contributed by atoms with E-state index in [1.165, 1.54) is 0 Å². The van der Waals surface area contributed by atoms with Crippen LogP contribution in [0.15, 0.2) is 53.5 Å². The third kappa shape index (κ3) is 3.62. The number of nitrogens with one attached hydrogen (secondary N) is 1. The normalized spacial score (nSPS) is 16.2. The number of para-hydroxylation sites is 1. The monoisotopic (exact) mass is 411 g/mol. The SMILES string of the molecule is COc1ccc(NC(N)=NC2COc3ccccc32)cc1.I. The van der Waals surface area contributed by atoms with Crippen molar-refractivity contribution in [2.24, 2.45) is 10.7 Å². The lowest BCUT2D eigenvalue weighted by Gasteiger charge is -2.09. The summed E-state index contributed by atoms with van der Waals surface area (Å²) in [5.41, 5.74) is 7.90. The summed E-state index contributed by atoms with van der Waals surface area (Å²) in [5, 5.41) is 3.07. The molecule has 1 unspecified atom stereocenters. The summed E-state index contributed by atoms with van der Waals surface area (Å²) in [6, 6.07) is 15.3. The second-order valence-corrected chi connectivity index (χ2v) is 4.73. The molecule has 0 radical (unpaired) electrons. The lowest BCUT2D eigenvalue weighted by Crippen LogP contribution is -2.23. The average Bonchev–Trinajstić information content (AvgIpc) is 2.91. The first-order valence-electron chi connectivity index (χ1n) is 6.72. The van der Waals surface area contributed by atoms with Crippen molar-refractivity contribution in [2.45, 2.75) is 6.04 Å². The van der Waals surface area contributed by atoms with Crippen LogP contribution in [0.3, 0.4) is 0 Å². The Labute approximate surface area is 146 Å². The van der Waals surface area contributed by atoms with Gasteiger partial charge in [-0.05, 0) is 30.3 Å². The Bertz CT molecular complexity index is 659. The molecule has 1 heterocycles. The van der Waals surface area contributed by atoms with Crippen LogP contribution in [0.25, 0.3) is 0 Å². The fourth-order valence-electron chi connectivity index (χ4n) is 2.27. The highest BCUT2D eigenvalue weighted by Crippen LogP contribution is 2.34. The molecule has 0 saturated carbocycles. The molecule has 0 bridgehead atoms. The number of hydrogen-bond acceptors (Lipinski definition) is 3. The molecular weight excluding hydrogens is 393 g/mol. The zero-order valence-electron chi connectivity index (χ0n) is 12.2.